The van der Waals surface area contributed by atoms with E-state index in [4.69, 9.17) is 0 Å². The predicted octanol–water partition coefficient (Wildman–Crippen LogP) is 2.72. The van der Waals surface area contributed by atoms with Crippen LogP contribution in [0.5, 0.6) is 0 Å². The third kappa shape index (κ3) is 6.67. The molecule has 0 aliphatic carbocycles. The number of nitrogens with zero attached hydrogens (tertiary/aromatic N) is 1. The van der Waals surface area contributed by atoms with Crippen molar-refractivity contribution in [3.8, 4) is 0 Å². The molecule has 0 aromatic carbocycles. The van der Waals surface area contributed by atoms with Crippen LogP contribution in [0.2, 0.25) is 0 Å². The minimum Gasteiger partial charge on any atom is -0.384 e. The first kappa shape index (κ1) is 18.3. The number of unbranched alkanes of at least 4 members (excludes halogenated alkanes) is 3. The fourth-order valence-electron chi connectivity index (χ4n) is 1.94. The molecular weight excluding hydrogens is 306 g/mol. The number of rotatable bonds is 11. The van der Waals surface area contributed by atoms with Crippen LogP contribution in [0.3, 0.4) is 0 Å². The van der Waals surface area contributed by atoms with E-state index in [0.29, 0.717) is 18.8 Å². The van der Waals surface area contributed by atoms with Crippen molar-refractivity contribution in [2.45, 2.75) is 37.5 Å². The summed E-state index contributed by atoms with van der Waals surface area (Å²) in [6.45, 7) is 3.07. The first-order chi connectivity index (χ1) is 10.1. The molecule has 0 unspecified atom stereocenters. The predicted molar refractivity (Wildman–Crippen MR) is 90.4 cm³/mol. The van der Waals surface area contributed by atoms with Crippen LogP contribution < -0.4 is 10.0 Å². The lowest BCUT2D eigenvalue weighted by Gasteiger charge is -2.11. The van der Waals surface area contributed by atoms with Crippen molar-refractivity contribution in [2.75, 3.05) is 30.4 Å². The molecule has 5 nitrogen and oxygen atoms in total. The van der Waals surface area contributed by atoms with E-state index in [1.807, 2.05) is 18.7 Å². The number of pyridine rings is 1. The number of thioether (sulfide) groups is 1. The molecule has 1 rings (SSSR count). The van der Waals surface area contributed by atoms with Crippen LogP contribution in [-0.4, -0.2) is 38.5 Å². The summed E-state index contributed by atoms with van der Waals surface area (Å²) in [6, 6.07) is 1.68. The third-order valence-corrected chi connectivity index (χ3v) is 5.19. The maximum absolute atomic E-state index is 12.3. The summed E-state index contributed by atoms with van der Waals surface area (Å²) >= 11 is 1.85. The molecule has 0 aliphatic heterocycles. The maximum Gasteiger partial charge on any atom is 0.244 e. The Balaban J connectivity index is 2.46. The standard InChI is InChI=1S/C14H25N3O2S2/c1-3-16-13-8-10-15-12-14(13)21(18,19)17-9-6-4-5-7-11-20-2/h8,10,12,17H,3-7,9,11H2,1-2H3,(H,15,16). The van der Waals surface area contributed by atoms with Gasteiger partial charge in [-0.05, 0) is 37.8 Å². The van der Waals surface area contributed by atoms with Crippen molar-refractivity contribution in [3.63, 3.8) is 0 Å². The molecule has 1 aromatic heterocycles. The van der Waals surface area contributed by atoms with Gasteiger partial charge in [0.2, 0.25) is 10.0 Å². The first-order valence-electron chi connectivity index (χ1n) is 7.28. The first-order valence-corrected chi connectivity index (χ1v) is 10.2. The van der Waals surface area contributed by atoms with Crippen molar-refractivity contribution < 1.29 is 8.42 Å². The Morgan fingerprint density at radius 2 is 2.00 bits per heavy atom. The van der Waals surface area contributed by atoms with Crippen LogP contribution in [0.4, 0.5) is 5.69 Å². The number of hydrogen-bond acceptors (Lipinski definition) is 5. The van der Waals surface area contributed by atoms with E-state index in [-0.39, 0.29) is 4.90 Å². The Labute approximate surface area is 132 Å². The van der Waals surface area contributed by atoms with E-state index in [2.05, 4.69) is 21.3 Å². The maximum atomic E-state index is 12.3. The molecule has 0 bridgehead atoms. The second kappa shape index (κ2) is 10.0. The normalized spacial score (nSPS) is 11.5. The van der Waals surface area contributed by atoms with Crippen LogP contribution in [0.25, 0.3) is 0 Å². The molecule has 21 heavy (non-hydrogen) atoms. The molecule has 0 spiro atoms. The molecule has 120 valence electrons. The van der Waals surface area contributed by atoms with Gasteiger partial charge in [0.05, 0.1) is 5.69 Å². The molecule has 1 heterocycles. The molecular formula is C14H25N3O2S2. The highest BCUT2D eigenvalue weighted by Gasteiger charge is 2.17. The Bertz CT molecular complexity index is 507. The van der Waals surface area contributed by atoms with Gasteiger partial charge < -0.3 is 5.32 Å². The van der Waals surface area contributed by atoms with Crippen molar-refractivity contribution >= 4 is 27.5 Å². The van der Waals surface area contributed by atoms with Gasteiger partial charge in [0.15, 0.2) is 0 Å². The van der Waals surface area contributed by atoms with Crippen molar-refractivity contribution in [1.29, 1.82) is 0 Å². The van der Waals surface area contributed by atoms with E-state index < -0.39 is 10.0 Å². The highest BCUT2D eigenvalue weighted by molar-refractivity contribution is 7.98. The van der Waals surface area contributed by atoms with Gasteiger partial charge in [-0.2, -0.15) is 11.8 Å². The lowest BCUT2D eigenvalue weighted by molar-refractivity contribution is 0.573. The molecule has 0 atom stereocenters. The van der Waals surface area contributed by atoms with Crippen LogP contribution in [0.15, 0.2) is 23.4 Å². The lowest BCUT2D eigenvalue weighted by atomic mass is 10.2. The summed E-state index contributed by atoms with van der Waals surface area (Å²) in [7, 11) is -3.49. The molecule has 0 fully saturated rings. The monoisotopic (exact) mass is 331 g/mol. The lowest BCUT2D eigenvalue weighted by Crippen LogP contribution is -2.26. The zero-order valence-electron chi connectivity index (χ0n) is 12.8. The van der Waals surface area contributed by atoms with Gasteiger partial charge in [0.1, 0.15) is 4.90 Å². The van der Waals surface area contributed by atoms with Gasteiger partial charge in [0, 0.05) is 25.5 Å². The summed E-state index contributed by atoms with van der Waals surface area (Å²) in [5, 5.41) is 3.05. The van der Waals surface area contributed by atoms with Gasteiger partial charge in [-0.1, -0.05) is 12.8 Å². The van der Waals surface area contributed by atoms with Gasteiger partial charge in [-0.3, -0.25) is 4.98 Å². The van der Waals surface area contributed by atoms with Crippen molar-refractivity contribution in [3.05, 3.63) is 18.5 Å². The SMILES string of the molecule is CCNc1ccncc1S(=O)(=O)NCCCCCCSC. The topological polar surface area (TPSA) is 71.1 Å². The van der Waals surface area contributed by atoms with Crippen LogP contribution >= 0.6 is 11.8 Å². The average molecular weight is 332 g/mol. The van der Waals surface area contributed by atoms with Crippen molar-refractivity contribution in [1.82, 2.24) is 9.71 Å². The summed E-state index contributed by atoms with van der Waals surface area (Å²) in [4.78, 5) is 4.13. The smallest absolute Gasteiger partial charge is 0.244 e. The Hall–Kier alpha value is -0.790. The van der Waals surface area contributed by atoms with Gasteiger partial charge in [-0.15, -0.1) is 0 Å². The van der Waals surface area contributed by atoms with Crippen LogP contribution in [0, 0.1) is 0 Å². The summed E-state index contributed by atoms with van der Waals surface area (Å²) in [5.41, 5.74) is 0.597. The Morgan fingerprint density at radius 3 is 2.71 bits per heavy atom. The van der Waals surface area contributed by atoms with E-state index in [1.54, 1.807) is 12.3 Å². The quantitative estimate of drug-likeness (QED) is 0.610. The largest absolute Gasteiger partial charge is 0.384 e. The van der Waals surface area contributed by atoms with E-state index in [9.17, 15) is 8.42 Å². The van der Waals surface area contributed by atoms with Crippen molar-refractivity contribution in [2.24, 2.45) is 0 Å². The zero-order valence-corrected chi connectivity index (χ0v) is 14.4. The van der Waals surface area contributed by atoms with E-state index in [1.165, 1.54) is 18.4 Å². The molecule has 0 aliphatic rings. The van der Waals surface area contributed by atoms with E-state index in [0.717, 1.165) is 19.3 Å². The molecule has 0 saturated carbocycles. The van der Waals surface area contributed by atoms with Crippen LogP contribution in [0.1, 0.15) is 32.6 Å². The second-order valence-corrected chi connectivity index (χ2v) is 7.43. The minimum atomic E-state index is -3.49. The number of aromatic nitrogens is 1. The number of nitrogens with one attached hydrogen (secondary N) is 2. The van der Waals surface area contributed by atoms with Crippen LogP contribution in [-0.2, 0) is 10.0 Å². The molecule has 1 aromatic rings. The average Bonchev–Trinajstić information content (AvgIpc) is 2.47. The molecule has 0 amide bonds. The number of sulfonamides is 1. The Morgan fingerprint density at radius 1 is 1.24 bits per heavy atom. The molecule has 7 heteroatoms. The molecule has 0 radical (unpaired) electrons. The summed E-state index contributed by atoms with van der Waals surface area (Å²) in [5.74, 6) is 1.17. The summed E-state index contributed by atoms with van der Waals surface area (Å²) < 4.78 is 27.2. The Kier molecular flexibility index (Phi) is 8.72. The van der Waals surface area contributed by atoms with Gasteiger partial charge in [0.25, 0.3) is 0 Å². The molecule has 0 saturated heterocycles. The highest BCUT2D eigenvalue weighted by atomic mass is 32.2. The fraction of sp³-hybridized carbons (Fsp3) is 0.643. The third-order valence-electron chi connectivity index (χ3n) is 3.01. The van der Waals surface area contributed by atoms with Gasteiger partial charge >= 0.3 is 0 Å². The number of anilines is 1. The molecule has 2 N–H and O–H groups in total. The summed E-state index contributed by atoms with van der Waals surface area (Å²) in [6.07, 6.45) is 9.34. The zero-order chi connectivity index (χ0) is 15.6. The minimum absolute atomic E-state index is 0.217. The number of hydrogen-bond donors (Lipinski definition) is 2. The highest BCUT2D eigenvalue weighted by Crippen LogP contribution is 2.19. The van der Waals surface area contributed by atoms with Gasteiger partial charge in [-0.25, -0.2) is 13.1 Å². The second-order valence-electron chi connectivity index (χ2n) is 4.71. The fourth-order valence-corrected chi connectivity index (χ4v) is 3.63. The van der Waals surface area contributed by atoms with E-state index >= 15 is 0 Å².